The second-order valence-corrected chi connectivity index (χ2v) is 9.00. The van der Waals surface area contributed by atoms with Gasteiger partial charge in [-0.1, -0.05) is 23.7 Å². The highest BCUT2D eigenvalue weighted by Crippen LogP contribution is 2.32. The molecule has 0 spiro atoms. The number of amides is 1. The number of anilines is 1. The minimum absolute atomic E-state index is 0.104. The lowest BCUT2D eigenvalue weighted by molar-refractivity contribution is -0.0304. The van der Waals surface area contributed by atoms with Crippen LogP contribution in [0.2, 0.25) is 5.02 Å². The largest absolute Gasteiger partial charge is 0.371 e. The predicted molar refractivity (Wildman–Crippen MR) is 124 cm³/mol. The van der Waals surface area contributed by atoms with Gasteiger partial charge in [0.15, 0.2) is 11.5 Å². The number of ether oxygens (including phenoxy) is 1. The Morgan fingerprint density at radius 2 is 2.06 bits per heavy atom. The number of nitrogens with zero attached hydrogens (tertiary/aromatic N) is 5. The average molecular weight is 464 g/mol. The summed E-state index contributed by atoms with van der Waals surface area (Å²) in [6.07, 6.45) is 5.25. The van der Waals surface area contributed by atoms with Crippen LogP contribution in [-0.2, 0) is 4.74 Å². The SMILES string of the molecule is C[C@H](Nc1ncnc2[nH]cnc12)c1cc2cccc(Cl)c2c(C(=O)N2CC3CCC(C2)O3)n1. The highest BCUT2D eigenvalue weighted by atomic mass is 35.5. The zero-order valence-electron chi connectivity index (χ0n) is 18.0. The van der Waals surface area contributed by atoms with Crippen molar-refractivity contribution in [1.29, 1.82) is 0 Å². The summed E-state index contributed by atoms with van der Waals surface area (Å²) in [5.41, 5.74) is 2.38. The number of fused-ring (bicyclic) bond motifs is 4. The summed E-state index contributed by atoms with van der Waals surface area (Å²) < 4.78 is 5.91. The number of H-pyrrole nitrogens is 1. The molecule has 2 fully saturated rings. The number of nitrogens with one attached hydrogen (secondary N) is 2. The normalized spacial score (nSPS) is 21.0. The van der Waals surface area contributed by atoms with Crippen LogP contribution in [0.1, 0.15) is 42.0 Å². The van der Waals surface area contributed by atoms with E-state index in [0.29, 0.717) is 51.9 Å². The number of hydrogen-bond donors (Lipinski definition) is 2. The maximum atomic E-state index is 13.7. The second-order valence-electron chi connectivity index (χ2n) is 8.59. The molecule has 6 rings (SSSR count). The zero-order chi connectivity index (χ0) is 22.5. The van der Waals surface area contributed by atoms with Crippen LogP contribution in [0.25, 0.3) is 21.9 Å². The average Bonchev–Trinajstić information content (AvgIpc) is 3.44. The van der Waals surface area contributed by atoms with Gasteiger partial charge < -0.3 is 19.9 Å². The third kappa shape index (κ3) is 3.57. The van der Waals surface area contributed by atoms with Crippen LogP contribution in [0.4, 0.5) is 5.82 Å². The zero-order valence-corrected chi connectivity index (χ0v) is 18.7. The first-order chi connectivity index (χ1) is 16.1. The molecule has 5 heterocycles. The fourth-order valence-corrected chi connectivity index (χ4v) is 5.02. The molecule has 2 N–H and O–H groups in total. The standard InChI is InChI=1S/C23H22ClN7O2/c1-12(29-22-20-21(26-10-25-20)27-11-28-22)17-7-13-3-2-4-16(24)18(13)19(30-17)23(32)31-8-14-5-6-15(9-31)33-14/h2-4,7,10-12,14-15H,5-6,8-9H2,1H3,(H2,25,26,27,28,29)/t12-,14?,15?/m0/s1. The number of likely N-dealkylation sites (tertiary alicyclic amines) is 1. The minimum atomic E-state index is -0.240. The van der Waals surface area contributed by atoms with Gasteiger partial charge in [-0.2, -0.15) is 0 Å². The van der Waals surface area contributed by atoms with E-state index >= 15 is 0 Å². The summed E-state index contributed by atoms with van der Waals surface area (Å²) in [6.45, 7) is 3.14. The fraction of sp³-hybridized carbons (Fsp3) is 0.348. The van der Waals surface area contributed by atoms with Crippen molar-refractivity contribution < 1.29 is 9.53 Å². The molecular weight excluding hydrogens is 442 g/mol. The Morgan fingerprint density at radius 1 is 1.24 bits per heavy atom. The Hall–Kier alpha value is -3.30. The molecule has 3 atom stereocenters. The Morgan fingerprint density at radius 3 is 2.88 bits per heavy atom. The lowest BCUT2D eigenvalue weighted by atomic mass is 10.0. The maximum absolute atomic E-state index is 13.7. The molecule has 2 aliphatic heterocycles. The van der Waals surface area contributed by atoms with Crippen molar-refractivity contribution in [3.8, 4) is 0 Å². The van der Waals surface area contributed by atoms with Crippen molar-refractivity contribution in [1.82, 2.24) is 29.8 Å². The van der Waals surface area contributed by atoms with Crippen molar-refractivity contribution in [2.75, 3.05) is 18.4 Å². The van der Waals surface area contributed by atoms with Gasteiger partial charge in [-0.15, -0.1) is 0 Å². The summed E-state index contributed by atoms with van der Waals surface area (Å²) in [5, 5.41) is 5.42. The van der Waals surface area contributed by atoms with Crippen LogP contribution in [-0.4, -0.2) is 61.0 Å². The third-order valence-corrected chi connectivity index (χ3v) is 6.69. The van der Waals surface area contributed by atoms with E-state index in [-0.39, 0.29) is 24.2 Å². The Kier molecular flexibility index (Phi) is 4.88. The lowest BCUT2D eigenvalue weighted by Crippen LogP contribution is -2.46. The molecule has 33 heavy (non-hydrogen) atoms. The molecule has 2 bridgehead atoms. The van der Waals surface area contributed by atoms with Crippen LogP contribution < -0.4 is 5.32 Å². The number of imidazole rings is 1. The molecule has 0 saturated carbocycles. The molecular formula is C23H22ClN7O2. The number of hydrogen-bond acceptors (Lipinski definition) is 7. The number of pyridine rings is 1. The molecule has 4 aromatic rings. The van der Waals surface area contributed by atoms with Crippen LogP contribution in [0, 0.1) is 0 Å². The molecule has 9 nitrogen and oxygen atoms in total. The lowest BCUT2D eigenvalue weighted by Gasteiger charge is -2.32. The van der Waals surface area contributed by atoms with E-state index in [9.17, 15) is 4.79 Å². The van der Waals surface area contributed by atoms with Crippen molar-refractivity contribution >= 4 is 45.3 Å². The molecule has 2 saturated heterocycles. The van der Waals surface area contributed by atoms with E-state index in [1.165, 1.54) is 6.33 Å². The van der Waals surface area contributed by atoms with Crippen LogP contribution >= 0.6 is 11.6 Å². The first-order valence-electron chi connectivity index (χ1n) is 11.0. The Balaban J connectivity index is 1.39. The van der Waals surface area contributed by atoms with Crippen molar-refractivity contribution in [3.05, 3.63) is 53.3 Å². The van der Waals surface area contributed by atoms with E-state index in [0.717, 1.165) is 18.2 Å². The molecule has 2 aliphatic rings. The van der Waals surface area contributed by atoms with E-state index in [1.807, 2.05) is 30.0 Å². The van der Waals surface area contributed by atoms with Gasteiger partial charge in [0, 0.05) is 18.5 Å². The second kappa shape index (κ2) is 7.93. The smallest absolute Gasteiger partial charge is 0.273 e. The number of carbonyl (C=O) groups excluding carboxylic acids is 1. The number of rotatable bonds is 4. The summed E-state index contributed by atoms with van der Waals surface area (Å²) in [7, 11) is 0. The summed E-state index contributed by atoms with van der Waals surface area (Å²) in [4.78, 5) is 36.1. The highest BCUT2D eigenvalue weighted by Gasteiger charge is 2.37. The van der Waals surface area contributed by atoms with Crippen molar-refractivity contribution in [3.63, 3.8) is 0 Å². The quantitative estimate of drug-likeness (QED) is 0.474. The first-order valence-corrected chi connectivity index (χ1v) is 11.4. The molecule has 168 valence electrons. The summed E-state index contributed by atoms with van der Waals surface area (Å²) in [6, 6.07) is 7.35. The van der Waals surface area contributed by atoms with E-state index in [2.05, 4.69) is 25.3 Å². The number of aromatic amines is 1. The summed E-state index contributed by atoms with van der Waals surface area (Å²) >= 11 is 6.55. The van der Waals surface area contributed by atoms with Crippen LogP contribution in [0.3, 0.4) is 0 Å². The topological polar surface area (TPSA) is 109 Å². The van der Waals surface area contributed by atoms with Gasteiger partial charge in [0.1, 0.15) is 17.5 Å². The van der Waals surface area contributed by atoms with Crippen LogP contribution in [0.15, 0.2) is 36.9 Å². The predicted octanol–water partition coefficient (Wildman–Crippen LogP) is 3.73. The molecule has 0 radical (unpaired) electrons. The molecule has 1 amide bonds. The highest BCUT2D eigenvalue weighted by molar-refractivity contribution is 6.36. The Labute approximate surface area is 194 Å². The molecule has 10 heteroatoms. The van der Waals surface area contributed by atoms with Crippen molar-refractivity contribution in [2.24, 2.45) is 0 Å². The molecule has 0 aliphatic carbocycles. The number of benzene rings is 1. The number of carbonyl (C=O) groups is 1. The number of halogens is 1. The maximum Gasteiger partial charge on any atom is 0.273 e. The Bertz CT molecular complexity index is 1360. The van der Waals surface area contributed by atoms with Gasteiger partial charge in [-0.25, -0.2) is 19.9 Å². The van der Waals surface area contributed by atoms with Gasteiger partial charge in [-0.3, -0.25) is 4.79 Å². The van der Waals surface area contributed by atoms with Gasteiger partial charge in [0.2, 0.25) is 0 Å². The van der Waals surface area contributed by atoms with E-state index in [4.69, 9.17) is 21.3 Å². The third-order valence-electron chi connectivity index (χ3n) is 6.37. The molecule has 3 aromatic heterocycles. The fourth-order valence-electron chi connectivity index (χ4n) is 4.74. The van der Waals surface area contributed by atoms with Gasteiger partial charge in [-0.05, 0) is 37.3 Å². The van der Waals surface area contributed by atoms with Crippen molar-refractivity contribution in [2.45, 2.75) is 38.0 Å². The first kappa shape index (κ1) is 20.3. The van der Waals surface area contributed by atoms with Crippen LogP contribution in [0.5, 0.6) is 0 Å². The summed E-state index contributed by atoms with van der Waals surface area (Å²) in [5.74, 6) is 0.485. The van der Waals surface area contributed by atoms with Gasteiger partial charge >= 0.3 is 0 Å². The molecule has 2 unspecified atom stereocenters. The number of morpholine rings is 1. The van der Waals surface area contributed by atoms with Gasteiger partial charge in [0.25, 0.3) is 5.91 Å². The van der Waals surface area contributed by atoms with E-state index in [1.54, 1.807) is 12.4 Å². The van der Waals surface area contributed by atoms with Gasteiger partial charge in [0.05, 0.1) is 35.3 Å². The molecule has 1 aromatic carbocycles. The van der Waals surface area contributed by atoms with E-state index < -0.39 is 0 Å². The monoisotopic (exact) mass is 463 g/mol. The minimum Gasteiger partial charge on any atom is -0.371 e. The number of aromatic nitrogens is 5.